The van der Waals surface area contributed by atoms with Crippen LogP contribution in [0.4, 0.5) is 4.79 Å². The van der Waals surface area contributed by atoms with Gasteiger partial charge in [-0.1, -0.05) is 24.3 Å². The number of hydrogen-bond acceptors (Lipinski definition) is 4. The van der Waals surface area contributed by atoms with Gasteiger partial charge in [-0.05, 0) is 55.4 Å². The summed E-state index contributed by atoms with van der Waals surface area (Å²) in [6.45, 7) is 3.45. The van der Waals surface area contributed by atoms with Gasteiger partial charge >= 0.3 is 6.09 Å². The summed E-state index contributed by atoms with van der Waals surface area (Å²) in [6, 6.07) is 10.6. The van der Waals surface area contributed by atoms with E-state index >= 15 is 0 Å². The second kappa shape index (κ2) is 7.72. The van der Waals surface area contributed by atoms with Crippen LogP contribution in [0.1, 0.15) is 40.6 Å². The van der Waals surface area contributed by atoms with Crippen LogP contribution >= 0.6 is 11.3 Å². The largest absolute Gasteiger partial charge is 0.450 e. The van der Waals surface area contributed by atoms with Crippen molar-refractivity contribution < 1.29 is 14.3 Å². The summed E-state index contributed by atoms with van der Waals surface area (Å²) in [5.41, 5.74) is 3.91. The average molecular weight is 385 g/mol. The van der Waals surface area contributed by atoms with E-state index in [2.05, 4.69) is 35.6 Å². The third kappa shape index (κ3) is 3.72. The number of likely N-dealkylation sites (tertiary alicyclic amines) is 1. The van der Waals surface area contributed by atoms with Crippen molar-refractivity contribution in [2.75, 3.05) is 19.7 Å². The van der Waals surface area contributed by atoms with E-state index in [-0.39, 0.29) is 18.0 Å². The van der Waals surface area contributed by atoms with Crippen molar-refractivity contribution in [1.82, 2.24) is 10.2 Å². The molecule has 1 fully saturated rings. The zero-order chi connectivity index (χ0) is 18.8. The first-order valence-electron chi connectivity index (χ1n) is 9.59. The van der Waals surface area contributed by atoms with Gasteiger partial charge in [-0.2, -0.15) is 0 Å². The molecule has 2 aliphatic rings. The lowest BCUT2D eigenvalue weighted by Crippen LogP contribution is -2.46. The lowest BCUT2D eigenvalue weighted by atomic mass is 9.91. The monoisotopic (exact) mass is 384 g/mol. The standard InChI is InChI=1S/C21H24N2O3S/c1-2-26-21(25)23-11-9-16(10-12-23)22-20(24)18-13-15-8-7-14-5-3-4-6-17(14)19(15)27-18/h3-6,13,16H,2,7-12H2,1H3,(H,22,24). The number of thiophene rings is 1. The molecule has 0 unspecified atom stereocenters. The number of rotatable bonds is 3. The summed E-state index contributed by atoms with van der Waals surface area (Å²) in [5.74, 6) is 0.00136. The lowest BCUT2D eigenvalue weighted by Gasteiger charge is -2.31. The van der Waals surface area contributed by atoms with Gasteiger partial charge in [-0.3, -0.25) is 4.79 Å². The van der Waals surface area contributed by atoms with E-state index < -0.39 is 0 Å². The van der Waals surface area contributed by atoms with Gasteiger partial charge in [-0.15, -0.1) is 11.3 Å². The number of amides is 2. The SMILES string of the molecule is CCOC(=O)N1CCC(NC(=O)c2cc3c(s2)-c2ccccc2CC3)CC1. The van der Waals surface area contributed by atoms with Crippen LogP contribution in [-0.2, 0) is 17.6 Å². The van der Waals surface area contributed by atoms with Crippen LogP contribution in [0.25, 0.3) is 10.4 Å². The van der Waals surface area contributed by atoms with Crippen LogP contribution in [0.3, 0.4) is 0 Å². The first-order chi connectivity index (χ1) is 13.2. The molecule has 2 heterocycles. The molecular formula is C21H24N2O3S. The van der Waals surface area contributed by atoms with E-state index in [4.69, 9.17) is 4.74 Å². The molecule has 4 rings (SSSR count). The maximum Gasteiger partial charge on any atom is 0.409 e. The molecule has 1 aliphatic carbocycles. The Bertz CT molecular complexity index is 853. The second-order valence-electron chi connectivity index (χ2n) is 7.06. The summed E-state index contributed by atoms with van der Waals surface area (Å²) in [6.07, 6.45) is 3.30. The molecule has 5 nitrogen and oxygen atoms in total. The van der Waals surface area contributed by atoms with E-state index in [9.17, 15) is 9.59 Å². The molecule has 6 heteroatoms. The van der Waals surface area contributed by atoms with E-state index in [1.165, 1.54) is 21.6 Å². The molecule has 27 heavy (non-hydrogen) atoms. The first-order valence-corrected chi connectivity index (χ1v) is 10.4. The minimum absolute atomic E-state index is 0.00136. The molecule has 2 amide bonds. The van der Waals surface area contributed by atoms with Gasteiger partial charge in [0.05, 0.1) is 11.5 Å². The number of nitrogens with zero attached hydrogens (tertiary/aromatic N) is 1. The minimum atomic E-state index is -0.258. The highest BCUT2D eigenvalue weighted by Crippen LogP contribution is 2.39. The normalized spacial score (nSPS) is 16.4. The Morgan fingerprint density at radius 2 is 1.93 bits per heavy atom. The van der Waals surface area contributed by atoms with Crippen molar-refractivity contribution in [3.05, 3.63) is 46.3 Å². The number of fused-ring (bicyclic) bond motifs is 3. The Hall–Kier alpha value is -2.34. The summed E-state index contributed by atoms with van der Waals surface area (Å²) >= 11 is 1.59. The highest BCUT2D eigenvalue weighted by molar-refractivity contribution is 7.17. The number of carbonyl (C=O) groups excluding carboxylic acids is 2. The van der Waals surface area contributed by atoms with Crippen molar-refractivity contribution in [2.45, 2.75) is 38.6 Å². The molecule has 0 spiro atoms. The highest BCUT2D eigenvalue weighted by atomic mass is 32.1. The molecule has 1 aromatic carbocycles. The van der Waals surface area contributed by atoms with Crippen molar-refractivity contribution >= 4 is 23.3 Å². The molecule has 0 radical (unpaired) electrons. The molecule has 1 aliphatic heterocycles. The second-order valence-corrected chi connectivity index (χ2v) is 8.11. The number of nitrogens with one attached hydrogen (secondary N) is 1. The Morgan fingerprint density at radius 3 is 2.70 bits per heavy atom. The Balaban J connectivity index is 1.40. The van der Waals surface area contributed by atoms with E-state index in [0.717, 1.165) is 30.6 Å². The molecule has 142 valence electrons. The molecule has 0 bridgehead atoms. The van der Waals surface area contributed by atoms with Gasteiger partial charge < -0.3 is 15.0 Å². The van der Waals surface area contributed by atoms with Crippen molar-refractivity contribution in [3.8, 4) is 10.4 Å². The third-order valence-corrected chi connectivity index (χ3v) is 6.52. The lowest BCUT2D eigenvalue weighted by molar-refractivity contribution is 0.0862. The predicted molar refractivity (Wildman–Crippen MR) is 106 cm³/mol. The molecule has 0 atom stereocenters. The Labute approximate surface area is 163 Å². The van der Waals surface area contributed by atoms with E-state index in [0.29, 0.717) is 19.7 Å². The highest BCUT2D eigenvalue weighted by Gasteiger charge is 2.26. The van der Waals surface area contributed by atoms with Gasteiger partial charge in [-0.25, -0.2) is 4.79 Å². The molecule has 2 aromatic rings. The summed E-state index contributed by atoms with van der Waals surface area (Å²) in [4.78, 5) is 28.3. The zero-order valence-corrected chi connectivity index (χ0v) is 16.3. The summed E-state index contributed by atoms with van der Waals surface area (Å²) < 4.78 is 5.04. The number of carbonyl (C=O) groups is 2. The smallest absolute Gasteiger partial charge is 0.409 e. The quantitative estimate of drug-likeness (QED) is 0.874. The predicted octanol–water partition coefficient (Wildman–Crippen LogP) is 3.86. The topological polar surface area (TPSA) is 58.6 Å². The van der Waals surface area contributed by atoms with Crippen molar-refractivity contribution in [2.24, 2.45) is 0 Å². The average Bonchev–Trinajstić information content (AvgIpc) is 3.14. The zero-order valence-electron chi connectivity index (χ0n) is 15.5. The maximum absolute atomic E-state index is 12.8. The summed E-state index contributed by atoms with van der Waals surface area (Å²) in [5, 5.41) is 3.15. The molecule has 1 aromatic heterocycles. The van der Waals surface area contributed by atoms with E-state index in [1.807, 2.05) is 6.92 Å². The maximum atomic E-state index is 12.8. The van der Waals surface area contributed by atoms with Gasteiger partial charge in [0.2, 0.25) is 0 Å². The van der Waals surface area contributed by atoms with Crippen LogP contribution < -0.4 is 5.32 Å². The van der Waals surface area contributed by atoms with Crippen LogP contribution in [0, 0.1) is 0 Å². The molecular weight excluding hydrogens is 360 g/mol. The molecule has 1 N–H and O–H groups in total. The minimum Gasteiger partial charge on any atom is -0.450 e. The third-order valence-electron chi connectivity index (χ3n) is 5.31. The van der Waals surface area contributed by atoms with Crippen molar-refractivity contribution in [3.63, 3.8) is 0 Å². The fourth-order valence-electron chi connectivity index (χ4n) is 3.86. The van der Waals surface area contributed by atoms with Crippen LogP contribution in [0.15, 0.2) is 30.3 Å². The van der Waals surface area contributed by atoms with Gasteiger partial charge in [0.1, 0.15) is 0 Å². The van der Waals surface area contributed by atoms with Gasteiger partial charge in [0.15, 0.2) is 0 Å². The number of benzene rings is 1. The Kier molecular flexibility index (Phi) is 5.16. The van der Waals surface area contributed by atoms with Crippen LogP contribution in [-0.4, -0.2) is 42.6 Å². The number of ether oxygens (including phenoxy) is 1. The number of aryl methyl sites for hydroxylation is 2. The fourth-order valence-corrected chi connectivity index (χ4v) is 5.04. The fraction of sp³-hybridized carbons (Fsp3) is 0.429. The molecule has 1 saturated heterocycles. The van der Waals surface area contributed by atoms with Crippen LogP contribution in [0.2, 0.25) is 0 Å². The molecule has 0 saturated carbocycles. The summed E-state index contributed by atoms with van der Waals surface area (Å²) in [7, 11) is 0. The Morgan fingerprint density at radius 1 is 1.19 bits per heavy atom. The first kappa shape index (κ1) is 18.0. The van der Waals surface area contributed by atoms with Gasteiger partial charge in [0.25, 0.3) is 5.91 Å². The van der Waals surface area contributed by atoms with E-state index in [1.54, 1.807) is 16.2 Å². The van der Waals surface area contributed by atoms with Crippen LogP contribution in [0.5, 0.6) is 0 Å². The number of piperidine rings is 1. The van der Waals surface area contributed by atoms with Crippen molar-refractivity contribution in [1.29, 1.82) is 0 Å². The number of hydrogen-bond donors (Lipinski definition) is 1. The van der Waals surface area contributed by atoms with Gasteiger partial charge in [0, 0.05) is 24.0 Å².